The van der Waals surface area contributed by atoms with Gasteiger partial charge in [0.1, 0.15) is 36.6 Å². The first-order valence-corrected chi connectivity index (χ1v) is 10.8. The molecule has 0 spiro atoms. The molecule has 2 heterocycles. The summed E-state index contributed by atoms with van der Waals surface area (Å²) in [7, 11) is 0. The molecule has 0 radical (unpaired) electrons. The zero-order chi connectivity index (χ0) is 23.7. The molecule has 188 valence electrons. The maximum absolute atomic E-state index is 11.0. The van der Waals surface area contributed by atoms with Crippen molar-refractivity contribution in [1.29, 1.82) is 0 Å². The summed E-state index contributed by atoms with van der Waals surface area (Å²) in [5.41, 5.74) is 29.8. The molecule has 1 aliphatic carbocycles. The Morgan fingerprint density at radius 1 is 0.719 bits per heavy atom. The summed E-state index contributed by atoms with van der Waals surface area (Å²) in [6, 6.07) is -3.27. The lowest BCUT2D eigenvalue weighted by atomic mass is 9.84. The number of rotatable bonds is 6. The molecular weight excluding hydrogens is 430 g/mol. The molecule has 32 heavy (non-hydrogen) atoms. The van der Waals surface area contributed by atoms with Crippen molar-refractivity contribution in [3.05, 3.63) is 0 Å². The first kappa shape index (κ1) is 26.1. The second kappa shape index (κ2) is 10.8. The number of aliphatic hydroxyl groups excluding tert-OH is 5. The summed E-state index contributed by atoms with van der Waals surface area (Å²) in [4.78, 5) is 0. The van der Waals surface area contributed by atoms with Gasteiger partial charge in [0.2, 0.25) is 0 Å². The highest BCUT2D eigenvalue weighted by Gasteiger charge is 2.50. The minimum Gasteiger partial charge on any atom is -0.394 e. The zero-order valence-electron chi connectivity index (χ0n) is 17.7. The fraction of sp³-hybridized carbons (Fsp3) is 1.00. The van der Waals surface area contributed by atoms with Gasteiger partial charge in [-0.25, -0.2) is 0 Å². The van der Waals surface area contributed by atoms with Crippen LogP contribution in [0, 0.1) is 0 Å². The number of hydrogen-bond acceptors (Lipinski definition) is 14. The molecule has 0 unspecified atom stereocenters. The van der Waals surface area contributed by atoms with Crippen molar-refractivity contribution in [1.82, 2.24) is 0 Å². The van der Waals surface area contributed by atoms with Gasteiger partial charge in [-0.05, 0) is 12.8 Å². The largest absolute Gasteiger partial charge is 0.394 e. The summed E-state index contributed by atoms with van der Waals surface area (Å²) in [6.45, 7) is -0.499. The van der Waals surface area contributed by atoms with Gasteiger partial charge in [-0.1, -0.05) is 0 Å². The highest BCUT2D eigenvalue weighted by atomic mass is 16.7. The second-order valence-corrected chi connectivity index (χ2v) is 8.78. The van der Waals surface area contributed by atoms with Crippen molar-refractivity contribution in [2.75, 3.05) is 13.2 Å². The number of aliphatic hydroxyl groups is 5. The van der Waals surface area contributed by atoms with Crippen molar-refractivity contribution < 1.29 is 44.5 Å². The molecule has 2 saturated heterocycles. The Morgan fingerprint density at radius 2 is 1.28 bits per heavy atom. The van der Waals surface area contributed by atoms with E-state index in [1.165, 1.54) is 0 Å². The SMILES string of the molecule is NC[C@@H]1O[C@H](O[C@H]2[C@@H](O)[C@H](O[C@H]3O[C@@H](CO)[C@@H](O)[C@H](N)[C@H]3O)[C@H](N)C[C@H]2N)[C@H](N)C[C@@H]1O. The molecule has 2 aliphatic heterocycles. The minimum atomic E-state index is -1.44. The second-order valence-electron chi connectivity index (χ2n) is 8.78. The third-order valence-electron chi connectivity index (χ3n) is 6.41. The summed E-state index contributed by atoms with van der Waals surface area (Å²) in [5, 5.41) is 50.7. The molecule has 3 rings (SSSR count). The molecule has 1 saturated carbocycles. The van der Waals surface area contributed by atoms with E-state index in [9.17, 15) is 25.5 Å². The normalized spacial score (nSPS) is 52.7. The predicted molar refractivity (Wildman–Crippen MR) is 108 cm³/mol. The maximum Gasteiger partial charge on any atom is 0.186 e. The summed E-state index contributed by atoms with van der Waals surface area (Å²) < 4.78 is 22.7. The molecule has 14 heteroatoms. The van der Waals surface area contributed by atoms with E-state index < -0.39 is 92.2 Å². The van der Waals surface area contributed by atoms with Crippen LogP contribution in [0.5, 0.6) is 0 Å². The lowest BCUT2D eigenvalue weighted by molar-refractivity contribution is -0.314. The standard InChI is InChI=1S/C18H37N5O9/c19-3-9-8(25)2-7(22)17(29-9)31-15-5(20)1-6(21)16(14(15)28)32-18-13(27)11(23)12(26)10(4-24)30-18/h5-18,24-28H,1-4,19-23H2/t5-,6-,7-,8+,9+,10+,11+,12-,13-,14-,15-,16-,17-,18-/m1/s1. The van der Waals surface area contributed by atoms with Crippen molar-refractivity contribution in [3.8, 4) is 0 Å². The molecule has 3 fully saturated rings. The third-order valence-corrected chi connectivity index (χ3v) is 6.41. The average molecular weight is 468 g/mol. The van der Waals surface area contributed by atoms with Crippen molar-refractivity contribution >= 4 is 0 Å². The molecule has 0 aromatic carbocycles. The van der Waals surface area contributed by atoms with Gasteiger partial charge in [-0.3, -0.25) is 0 Å². The topological polar surface area (TPSA) is 268 Å². The highest BCUT2D eigenvalue weighted by Crippen LogP contribution is 2.30. The van der Waals surface area contributed by atoms with Crippen LogP contribution in [0.15, 0.2) is 0 Å². The molecule has 0 bridgehead atoms. The number of ether oxygens (including phenoxy) is 4. The first-order valence-electron chi connectivity index (χ1n) is 10.8. The van der Waals surface area contributed by atoms with E-state index in [-0.39, 0.29) is 19.4 Å². The van der Waals surface area contributed by atoms with E-state index in [1.807, 2.05) is 0 Å². The summed E-state index contributed by atoms with van der Waals surface area (Å²) in [5.74, 6) is 0. The Morgan fingerprint density at radius 3 is 1.84 bits per heavy atom. The van der Waals surface area contributed by atoms with Crippen LogP contribution < -0.4 is 28.7 Å². The lowest BCUT2D eigenvalue weighted by Gasteiger charge is -2.47. The molecule has 0 aromatic rings. The quantitative estimate of drug-likeness (QED) is 0.174. The Labute approximate surface area is 185 Å². The average Bonchev–Trinajstić information content (AvgIpc) is 2.75. The van der Waals surface area contributed by atoms with Gasteiger partial charge < -0.3 is 73.1 Å². The van der Waals surface area contributed by atoms with Crippen LogP contribution in [-0.2, 0) is 18.9 Å². The Kier molecular flexibility index (Phi) is 8.79. The number of nitrogens with two attached hydrogens (primary N) is 5. The van der Waals surface area contributed by atoms with Gasteiger partial charge in [-0.15, -0.1) is 0 Å². The van der Waals surface area contributed by atoms with Gasteiger partial charge in [0.05, 0.1) is 30.9 Å². The van der Waals surface area contributed by atoms with Gasteiger partial charge in [0.15, 0.2) is 12.6 Å². The van der Waals surface area contributed by atoms with Crippen molar-refractivity contribution in [2.45, 2.75) is 98.4 Å². The smallest absolute Gasteiger partial charge is 0.186 e. The Balaban J connectivity index is 1.70. The maximum atomic E-state index is 11.0. The van der Waals surface area contributed by atoms with E-state index in [2.05, 4.69) is 0 Å². The Hall–Kier alpha value is -0.560. The fourth-order valence-electron chi connectivity index (χ4n) is 4.43. The van der Waals surface area contributed by atoms with Crippen LogP contribution in [-0.4, -0.2) is 124 Å². The lowest BCUT2D eigenvalue weighted by Crippen LogP contribution is -2.68. The zero-order valence-corrected chi connectivity index (χ0v) is 17.7. The van der Waals surface area contributed by atoms with E-state index in [0.29, 0.717) is 0 Å². The van der Waals surface area contributed by atoms with Gasteiger partial charge in [-0.2, -0.15) is 0 Å². The van der Waals surface area contributed by atoms with Gasteiger partial charge in [0, 0.05) is 18.6 Å². The van der Waals surface area contributed by atoms with E-state index in [1.54, 1.807) is 0 Å². The third kappa shape index (κ3) is 5.24. The van der Waals surface area contributed by atoms with Crippen LogP contribution in [0.2, 0.25) is 0 Å². The highest BCUT2D eigenvalue weighted by molar-refractivity contribution is 5.01. The molecule has 0 amide bonds. The fourth-order valence-corrected chi connectivity index (χ4v) is 4.43. The molecule has 0 aromatic heterocycles. The van der Waals surface area contributed by atoms with Crippen LogP contribution in [0.25, 0.3) is 0 Å². The molecule has 15 N–H and O–H groups in total. The van der Waals surface area contributed by atoms with E-state index in [4.69, 9.17) is 47.6 Å². The van der Waals surface area contributed by atoms with Crippen LogP contribution in [0.3, 0.4) is 0 Å². The minimum absolute atomic E-state index is 0.0542. The molecular formula is C18H37N5O9. The van der Waals surface area contributed by atoms with Crippen LogP contribution >= 0.6 is 0 Å². The summed E-state index contributed by atoms with van der Waals surface area (Å²) in [6.07, 6.45) is -10.8. The Bertz CT molecular complexity index is 607. The van der Waals surface area contributed by atoms with Crippen LogP contribution in [0.1, 0.15) is 12.8 Å². The van der Waals surface area contributed by atoms with E-state index in [0.717, 1.165) is 0 Å². The van der Waals surface area contributed by atoms with Crippen molar-refractivity contribution in [3.63, 3.8) is 0 Å². The monoisotopic (exact) mass is 467 g/mol. The number of hydrogen-bond donors (Lipinski definition) is 10. The van der Waals surface area contributed by atoms with Crippen molar-refractivity contribution in [2.24, 2.45) is 28.7 Å². The van der Waals surface area contributed by atoms with Gasteiger partial charge in [0.25, 0.3) is 0 Å². The predicted octanol–water partition coefficient (Wildman–Crippen LogP) is -6.30. The van der Waals surface area contributed by atoms with Crippen LogP contribution in [0.4, 0.5) is 0 Å². The van der Waals surface area contributed by atoms with E-state index >= 15 is 0 Å². The summed E-state index contributed by atoms with van der Waals surface area (Å²) >= 11 is 0. The first-order chi connectivity index (χ1) is 15.1. The molecule has 14 atom stereocenters. The van der Waals surface area contributed by atoms with Gasteiger partial charge >= 0.3 is 0 Å². The molecule has 14 nitrogen and oxygen atoms in total. The molecule has 3 aliphatic rings.